The van der Waals surface area contributed by atoms with E-state index >= 15 is 0 Å². The highest BCUT2D eigenvalue weighted by Crippen LogP contribution is 2.50. The second-order valence-corrected chi connectivity index (χ2v) is 14.6. The topological polar surface area (TPSA) is 55.1 Å². The zero-order valence-electron chi connectivity index (χ0n) is 31.4. The van der Waals surface area contributed by atoms with Gasteiger partial charge >= 0.3 is 0 Å². The molecule has 1 aliphatic carbocycles. The van der Waals surface area contributed by atoms with Crippen molar-refractivity contribution in [2.75, 3.05) is 11.9 Å². The van der Waals surface area contributed by atoms with Gasteiger partial charge in [0.05, 0.1) is 22.8 Å². The molecule has 0 saturated heterocycles. The van der Waals surface area contributed by atoms with Crippen molar-refractivity contribution in [1.82, 2.24) is 15.0 Å². The third-order valence-corrected chi connectivity index (χ3v) is 10.9. The molecule has 0 amide bonds. The van der Waals surface area contributed by atoms with E-state index in [1.807, 2.05) is 36.4 Å². The first-order valence-electron chi connectivity index (χ1n) is 18.6. The van der Waals surface area contributed by atoms with Crippen LogP contribution in [-0.4, -0.2) is 22.0 Å². The summed E-state index contributed by atoms with van der Waals surface area (Å²) in [5.41, 5.74) is 16.0. The summed E-state index contributed by atoms with van der Waals surface area (Å²) < 4.78 is 6.67. The number of anilines is 2. The normalized spacial score (nSPS) is 14.8. The summed E-state index contributed by atoms with van der Waals surface area (Å²) in [6.07, 6.45) is 8.10. The second kappa shape index (κ2) is 13.5. The molecular weight excluding hydrogens is 673 g/mol. The van der Waals surface area contributed by atoms with Crippen LogP contribution in [0.5, 0.6) is 0 Å². The number of hydrogen-bond donors (Lipinski definition) is 0. The molecular formula is C50H40N4O. The van der Waals surface area contributed by atoms with Crippen LogP contribution in [0.15, 0.2) is 175 Å². The molecule has 8 aromatic rings. The molecule has 0 unspecified atom stereocenters. The number of fused-ring (bicyclic) bond motifs is 4. The fraction of sp³-hybridized carbons (Fsp3) is 0.100. The molecule has 9 rings (SSSR count). The van der Waals surface area contributed by atoms with E-state index in [9.17, 15) is 0 Å². The van der Waals surface area contributed by atoms with E-state index in [2.05, 4.69) is 158 Å². The van der Waals surface area contributed by atoms with Crippen LogP contribution < -0.4 is 4.90 Å². The van der Waals surface area contributed by atoms with Gasteiger partial charge in [-0.3, -0.25) is 9.97 Å². The molecule has 0 radical (unpaired) electrons. The minimum Gasteiger partial charge on any atom is -0.455 e. The summed E-state index contributed by atoms with van der Waals surface area (Å²) in [5.74, 6) is 0. The van der Waals surface area contributed by atoms with Gasteiger partial charge in [0.25, 0.3) is 0 Å². The van der Waals surface area contributed by atoms with Gasteiger partial charge in [-0.1, -0.05) is 99.3 Å². The third-order valence-electron chi connectivity index (χ3n) is 10.9. The molecule has 4 aromatic heterocycles. The lowest BCUT2D eigenvalue weighted by molar-refractivity contribution is 0.659. The van der Waals surface area contributed by atoms with Gasteiger partial charge in [-0.05, 0) is 107 Å². The first kappa shape index (κ1) is 34.0. The van der Waals surface area contributed by atoms with Crippen molar-refractivity contribution in [3.05, 3.63) is 187 Å². The minimum absolute atomic E-state index is 0.0728. The summed E-state index contributed by atoms with van der Waals surface area (Å²) in [6.45, 7) is 11.4. The maximum absolute atomic E-state index is 6.67. The lowest BCUT2D eigenvalue weighted by atomic mass is 9.82. The van der Waals surface area contributed by atoms with Crippen molar-refractivity contribution < 1.29 is 4.42 Å². The van der Waals surface area contributed by atoms with Crippen molar-refractivity contribution in [3.63, 3.8) is 0 Å². The molecule has 5 heteroatoms. The van der Waals surface area contributed by atoms with Gasteiger partial charge in [0.2, 0.25) is 0 Å². The van der Waals surface area contributed by atoms with Crippen LogP contribution in [0.4, 0.5) is 11.4 Å². The van der Waals surface area contributed by atoms with E-state index in [-0.39, 0.29) is 5.41 Å². The summed E-state index contributed by atoms with van der Waals surface area (Å²) in [7, 11) is 2.12. The van der Waals surface area contributed by atoms with Gasteiger partial charge in [-0.2, -0.15) is 0 Å². The van der Waals surface area contributed by atoms with Crippen LogP contribution >= 0.6 is 0 Å². The summed E-state index contributed by atoms with van der Waals surface area (Å²) in [4.78, 5) is 16.4. The van der Waals surface area contributed by atoms with Crippen LogP contribution in [0.2, 0.25) is 0 Å². The van der Waals surface area contributed by atoms with E-state index in [1.54, 1.807) is 12.4 Å². The SMILES string of the molecule is C=C(C=C1/C(=C\C)C(C)(C)c2ccccc21)c1ccccc1N(C)c1ccc2oc3c(-c4cc(-c5ccccn5)nc(-c5ccccn5)c4)cccc3c2c1. The average molecular weight is 713 g/mol. The number of para-hydroxylation sites is 2. The van der Waals surface area contributed by atoms with Gasteiger partial charge < -0.3 is 9.32 Å². The molecule has 55 heavy (non-hydrogen) atoms. The zero-order valence-corrected chi connectivity index (χ0v) is 31.4. The maximum Gasteiger partial charge on any atom is 0.143 e. The average Bonchev–Trinajstić information content (AvgIpc) is 3.71. The largest absolute Gasteiger partial charge is 0.455 e. The lowest BCUT2D eigenvalue weighted by Crippen LogP contribution is -2.14. The van der Waals surface area contributed by atoms with E-state index in [1.165, 1.54) is 22.3 Å². The first-order chi connectivity index (χ1) is 26.8. The highest BCUT2D eigenvalue weighted by Gasteiger charge is 2.37. The van der Waals surface area contributed by atoms with Crippen molar-refractivity contribution in [2.24, 2.45) is 0 Å². The van der Waals surface area contributed by atoms with Crippen LogP contribution in [0.1, 0.15) is 37.5 Å². The number of nitrogens with zero attached hydrogens (tertiary/aromatic N) is 4. The predicted molar refractivity (Wildman–Crippen MR) is 228 cm³/mol. The smallest absolute Gasteiger partial charge is 0.143 e. The van der Waals surface area contributed by atoms with Crippen LogP contribution in [0.3, 0.4) is 0 Å². The Bertz CT molecular complexity index is 2770. The van der Waals surface area contributed by atoms with E-state index < -0.39 is 0 Å². The Balaban J connectivity index is 1.11. The van der Waals surface area contributed by atoms with Gasteiger partial charge in [-0.25, -0.2) is 4.98 Å². The number of allylic oxidation sites excluding steroid dienone is 5. The standard InChI is InChI=1S/C50H40N4O/c1-6-41-39(37-17-7-9-20-42(37)50(41,3)4)28-32(2)35-16-8-10-23-47(35)54(5)34-24-25-48-40(31-34)38-19-15-18-36(49(38)55-48)33-29-45(43-21-11-13-26-51-43)53-46(30-33)44-22-12-14-27-52-44/h6-31H,2H2,1,3-5H3/b39-28?,41-6+. The Kier molecular flexibility index (Phi) is 8.35. The molecule has 5 nitrogen and oxygen atoms in total. The molecule has 266 valence electrons. The highest BCUT2D eigenvalue weighted by atomic mass is 16.3. The quantitative estimate of drug-likeness (QED) is 0.165. The molecule has 0 saturated carbocycles. The molecule has 4 aromatic carbocycles. The van der Waals surface area contributed by atoms with Crippen molar-refractivity contribution >= 4 is 44.5 Å². The van der Waals surface area contributed by atoms with Gasteiger partial charge in [0.1, 0.15) is 11.2 Å². The zero-order chi connectivity index (χ0) is 37.7. The van der Waals surface area contributed by atoms with Crippen LogP contribution in [0, 0.1) is 0 Å². The molecule has 1 aliphatic rings. The first-order valence-corrected chi connectivity index (χ1v) is 18.6. The fourth-order valence-corrected chi connectivity index (χ4v) is 8.19. The Morgan fingerprint density at radius 1 is 0.691 bits per heavy atom. The van der Waals surface area contributed by atoms with Crippen molar-refractivity contribution in [3.8, 4) is 33.9 Å². The Labute approximate surface area is 321 Å². The van der Waals surface area contributed by atoms with Crippen LogP contribution in [-0.2, 0) is 5.41 Å². The monoisotopic (exact) mass is 712 g/mol. The number of aromatic nitrogens is 3. The summed E-state index contributed by atoms with van der Waals surface area (Å²) >= 11 is 0. The van der Waals surface area contributed by atoms with E-state index in [0.29, 0.717) is 0 Å². The van der Waals surface area contributed by atoms with E-state index in [4.69, 9.17) is 9.40 Å². The van der Waals surface area contributed by atoms with Crippen molar-refractivity contribution in [2.45, 2.75) is 26.2 Å². The Morgan fingerprint density at radius 3 is 2.07 bits per heavy atom. The van der Waals surface area contributed by atoms with Crippen molar-refractivity contribution in [1.29, 1.82) is 0 Å². The molecule has 0 bridgehead atoms. The lowest BCUT2D eigenvalue weighted by Gasteiger charge is -2.24. The molecule has 0 fully saturated rings. The summed E-state index contributed by atoms with van der Waals surface area (Å²) in [5, 5.41) is 2.09. The summed E-state index contributed by atoms with van der Waals surface area (Å²) in [6, 6.07) is 45.9. The molecule has 4 heterocycles. The molecule has 0 spiro atoms. The predicted octanol–water partition coefficient (Wildman–Crippen LogP) is 12.9. The number of benzene rings is 4. The third kappa shape index (κ3) is 5.85. The number of hydrogen-bond acceptors (Lipinski definition) is 5. The van der Waals surface area contributed by atoms with E-state index in [0.717, 1.165) is 78.4 Å². The van der Waals surface area contributed by atoms with Gasteiger partial charge in [0, 0.05) is 58.1 Å². The van der Waals surface area contributed by atoms with Gasteiger partial charge in [-0.15, -0.1) is 0 Å². The fourth-order valence-electron chi connectivity index (χ4n) is 8.19. The number of furan rings is 1. The molecule has 0 aliphatic heterocycles. The number of pyridine rings is 3. The minimum atomic E-state index is -0.0728. The van der Waals surface area contributed by atoms with Gasteiger partial charge in [0.15, 0.2) is 0 Å². The van der Waals surface area contributed by atoms with Crippen LogP contribution in [0.25, 0.3) is 67.0 Å². The maximum atomic E-state index is 6.67. The Hall–Kier alpha value is -6.85. The second-order valence-electron chi connectivity index (χ2n) is 14.6. The number of rotatable bonds is 7. The highest BCUT2D eigenvalue weighted by molar-refractivity contribution is 6.11. The molecule has 0 N–H and O–H groups in total. The Morgan fingerprint density at radius 2 is 1.36 bits per heavy atom. The molecule has 0 atom stereocenters.